The van der Waals surface area contributed by atoms with Gasteiger partial charge in [0.2, 0.25) is 0 Å². The zero-order valence-corrected chi connectivity index (χ0v) is 12.4. The molecular weight excluding hydrogens is 304 g/mol. The largest absolute Gasteiger partial charge is 0.478 e. The molecule has 0 saturated heterocycles. The molecule has 0 aliphatic rings. The minimum absolute atomic E-state index is 0.167. The van der Waals surface area contributed by atoms with Gasteiger partial charge in [-0.3, -0.25) is 4.21 Å². The molecule has 0 spiro atoms. The van der Waals surface area contributed by atoms with Crippen LogP contribution in [0.1, 0.15) is 31.8 Å². The third-order valence-corrected chi connectivity index (χ3v) is 4.34. The van der Waals surface area contributed by atoms with Gasteiger partial charge in [0.05, 0.1) is 11.1 Å². The van der Waals surface area contributed by atoms with Gasteiger partial charge in [-0.25, -0.2) is 9.59 Å². The summed E-state index contributed by atoms with van der Waals surface area (Å²) in [4.78, 5) is 21.6. The molecule has 0 aromatic heterocycles. The molecule has 0 saturated carbocycles. The molecule has 0 aliphatic carbocycles. The summed E-state index contributed by atoms with van der Waals surface area (Å²) in [5.41, 5.74) is 1.82. The SMILES string of the molecule is O=C(O)c1ccc(CS(=O)Cc2cccc(C(=O)O)c2)cc1. The van der Waals surface area contributed by atoms with E-state index in [0.717, 1.165) is 5.56 Å². The third kappa shape index (κ3) is 4.26. The fourth-order valence-electron chi connectivity index (χ4n) is 1.96. The van der Waals surface area contributed by atoms with E-state index in [-0.39, 0.29) is 22.6 Å². The number of hydrogen-bond acceptors (Lipinski definition) is 3. The summed E-state index contributed by atoms with van der Waals surface area (Å²) >= 11 is 0. The molecule has 2 N–H and O–H groups in total. The summed E-state index contributed by atoms with van der Waals surface area (Å²) in [5, 5.41) is 17.7. The Morgan fingerprint density at radius 3 is 2.00 bits per heavy atom. The second-order valence-corrected chi connectivity index (χ2v) is 6.19. The number of benzene rings is 2. The van der Waals surface area contributed by atoms with Crippen LogP contribution in [0, 0.1) is 0 Å². The molecule has 2 aromatic rings. The number of hydrogen-bond donors (Lipinski definition) is 2. The van der Waals surface area contributed by atoms with Gasteiger partial charge < -0.3 is 10.2 Å². The standard InChI is InChI=1S/C16H14O5S/c17-15(18)13-6-4-11(5-7-13)9-22(21)10-12-2-1-3-14(8-12)16(19)20/h1-8H,9-10H2,(H,17,18)(H,19,20). The Morgan fingerprint density at radius 1 is 0.818 bits per heavy atom. The highest BCUT2D eigenvalue weighted by Crippen LogP contribution is 2.12. The molecule has 2 rings (SSSR count). The van der Waals surface area contributed by atoms with Crippen molar-refractivity contribution < 1.29 is 24.0 Å². The number of carbonyl (C=O) groups is 2. The van der Waals surface area contributed by atoms with Crippen molar-refractivity contribution in [2.24, 2.45) is 0 Å². The van der Waals surface area contributed by atoms with Gasteiger partial charge in [0, 0.05) is 22.3 Å². The normalized spacial score (nSPS) is 11.8. The highest BCUT2D eigenvalue weighted by molar-refractivity contribution is 7.83. The fraction of sp³-hybridized carbons (Fsp3) is 0.125. The van der Waals surface area contributed by atoms with E-state index >= 15 is 0 Å². The summed E-state index contributed by atoms with van der Waals surface area (Å²) in [5.74, 6) is -1.48. The predicted molar refractivity (Wildman–Crippen MR) is 82.4 cm³/mol. The van der Waals surface area contributed by atoms with Crippen molar-refractivity contribution >= 4 is 22.7 Å². The van der Waals surface area contributed by atoms with Gasteiger partial charge in [0.1, 0.15) is 0 Å². The number of aromatic carboxylic acids is 2. The molecule has 2 aromatic carbocycles. The number of carboxylic acid groups (broad SMARTS) is 2. The Balaban J connectivity index is 2.02. The van der Waals surface area contributed by atoms with Crippen LogP contribution in [-0.4, -0.2) is 26.4 Å². The van der Waals surface area contributed by atoms with Gasteiger partial charge in [0.25, 0.3) is 0 Å². The second-order valence-electron chi connectivity index (χ2n) is 4.74. The quantitative estimate of drug-likeness (QED) is 0.854. The minimum atomic E-state index is -1.20. The van der Waals surface area contributed by atoms with E-state index in [9.17, 15) is 13.8 Å². The zero-order valence-electron chi connectivity index (χ0n) is 11.6. The lowest BCUT2D eigenvalue weighted by molar-refractivity contribution is 0.0686. The Labute approximate surface area is 129 Å². The average Bonchev–Trinajstić information content (AvgIpc) is 2.47. The first-order valence-electron chi connectivity index (χ1n) is 6.45. The third-order valence-electron chi connectivity index (χ3n) is 3.03. The Kier molecular flexibility index (Phi) is 5.06. The number of carboxylic acids is 2. The van der Waals surface area contributed by atoms with Crippen molar-refractivity contribution in [1.82, 2.24) is 0 Å². The van der Waals surface area contributed by atoms with Crippen LogP contribution in [0.25, 0.3) is 0 Å². The Morgan fingerprint density at radius 2 is 1.41 bits per heavy atom. The van der Waals surface area contributed by atoms with E-state index in [2.05, 4.69) is 0 Å². The summed E-state index contributed by atoms with van der Waals surface area (Å²) in [6, 6.07) is 12.6. The maximum absolute atomic E-state index is 12.1. The first kappa shape index (κ1) is 15.9. The maximum atomic E-state index is 12.1. The monoisotopic (exact) mass is 318 g/mol. The highest BCUT2D eigenvalue weighted by atomic mass is 32.2. The molecule has 0 heterocycles. The summed E-state index contributed by atoms with van der Waals surface area (Å²) < 4.78 is 12.1. The van der Waals surface area contributed by atoms with Gasteiger partial charge in [-0.1, -0.05) is 24.3 Å². The van der Waals surface area contributed by atoms with Crippen molar-refractivity contribution in [1.29, 1.82) is 0 Å². The van der Waals surface area contributed by atoms with Gasteiger partial charge >= 0.3 is 11.9 Å². The molecular formula is C16H14O5S. The van der Waals surface area contributed by atoms with Gasteiger partial charge in [0.15, 0.2) is 0 Å². The maximum Gasteiger partial charge on any atom is 0.335 e. The van der Waals surface area contributed by atoms with Crippen molar-refractivity contribution in [3.05, 3.63) is 70.8 Å². The number of rotatable bonds is 6. The van der Waals surface area contributed by atoms with Crippen molar-refractivity contribution in [2.75, 3.05) is 0 Å². The van der Waals surface area contributed by atoms with Crippen LogP contribution in [0.2, 0.25) is 0 Å². The van der Waals surface area contributed by atoms with Gasteiger partial charge in [-0.15, -0.1) is 0 Å². The van der Waals surface area contributed by atoms with Crippen LogP contribution in [-0.2, 0) is 22.3 Å². The topological polar surface area (TPSA) is 91.7 Å². The van der Waals surface area contributed by atoms with Crippen molar-refractivity contribution in [2.45, 2.75) is 11.5 Å². The van der Waals surface area contributed by atoms with E-state index in [1.165, 1.54) is 24.3 Å². The van der Waals surface area contributed by atoms with Crippen molar-refractivity contribution in [3.8, 4) is 0 Å². The van der Waals surface area contributed by atoms with E-state index in [4.69, 9.17) is 10.2 Å². The molecule has 1 unspecified atom stereocenters. The van der Waals surface area contributed by atoms with Gasteiger partial charge in [-0.05, 0) is 35.4 Å². The minimum Gasteiger partial charge on any atom is -0.478 e. The lowest BCUT2D eigenvalue weighted by atomic mass is 10.1. The first-order chi connectivity index (χ1) is 10.5. The molecule has 0 bridgehead atoms. The zero-order chi connectivity index (χ0) is 16.1. The van der Waals surface area contributed by atoms with Gasteiger partial charge in [-0.2, -0.15) is 0 Å². The molecule has 6 heteroatoms. The van der Waals surface area contributed by atoms with Crippen LogP contribution >= 0.6 is 0 Å². The Hall–Kier alpha value is -2.47. The molecule has 0 radical (unpaired) electrons. The Bertz CT molecular complexity index is 722. The molecule has 0 amide bonds. The molecule has 5 nitrogen and oxygen atoms in total. The summed E-state index contributed by atoms with van der Waals surface area (Å²) in [6.45, 7) is 0. The predicted octanol–water partition coefficient (Wildman–Crippen LogP) is 2.53. The highest BCUT2D eigenvalue weighted by Gasteiger charge is 2.08. The lowest BCUT2D eigenvalue weighted by Gasteiger charge is -2.05. The van der Waals surface area contributed by atoms with Crippen LogP contribution in [0.15, 0.2) is 48.5 Å². The second kappa shape index (κ2) is 7.00. The van der Waals surface area contributed by atoms with E-state index in [1.54, 1.807) is 24.3 Å². The molecule has 114 valence electrons. The van der Waals surface area contributed by atoms with Crippen molar-refractivity contribution in [3.63, 3.8) is 0 Å². The molecule has 1 atom stereocenters. The molecule has 0 fully saturated rings. The van der Waals surface area contributed by atoms with Crippen LogP contribution < -0.4 is 0 Å². The lowest BCUT2D eigenvalue weighted by Crippen LogP contribution is -2.02. The molecule has 22 heavy (non-hydrogen) atoms. The van der Waals surface area contributed by atoms with E-state index in [0.29, 0.717) is 5.56 Å². The first-order valence-corrected chi connectivity index (χ1v) is 7.94. The average molecular weight is 318 g/mol. The van der Waals surface area contributed by atoms with E-state index in [1.807, 2.05) is 0 Å². The summed E-state index contributed by atoms with van der Waals surface area (Å²) in [7, 11) is -1.20. The smallest absolute Gasteiger partial charge is 0.335 e. The fourth-order valence-corrected chi connectivity index (χ4v) is 3.18. The van der Waals surface area contributed by atoms with Crippen LogP contribution in [0.3, 0.4) is 0 Å². The van der Waals surface area contributed by atoms with Crippen LogP contribution in [0.4, 0.5) is 0 Å². The van der Waals surface area contributed by atoms with Crippen LogP contribution in [0.5, 0.6) is 0 Å². The van der Waals surface area contributed by atoms with E-state index < -0.39 is 22.7 Å². The molecule has 0 aliphatic heterocycles. The summed E-state index contributed by atoms with van der Waals surface area (Å²) in [6.07, 6.45) is 0.